The average Bonchev–Trinajstić information content (AvgIpc) is 3.27. The second kappa shape index (κ2) is 6.53. The van der Waals surface area contributed by atoms with Crippen LogP contribution >= 0.6 is 0 Å². The van der Waals surface area contributed by atoms with Crippen molar-refractivity contribution >= 4 is 21.7 Å². The van der Waals surface area contributed by atoms with Crippen molar-refractivity contribution in [3.63, 3.8) is 0 Å². The minimum atomic E-state index is 0.821. The van der Waals surface area contributed by atoms with Crippen molar-refractivity contribution in [1.29, 1.82) is 0 Å². The van der Waals surface area contributed by atoms with Gasteiger partial charge in [0.2, 0.25) is 5.69 Å². The molecule has 30 heavy (non-hydrogen) atoms. The normalized spacial score (nSPS) is 15.6. The van der Waals surface area contributed by atoms with Crippen LogP contribution in [0.3, 0.4) is 0 Å². The number of rotatable bonds is 2. The van der Waals surface area contributed by atoms with Crippen LogP contribution in [0.5, 0.6) is 11.5 Å². The number of aryl methyl sites for hydroxylation is 3. The first kappa shape index (κ1) is 17.9. The number of hydrogen-bond donors (Lipinski definition) is 0. The monoisotopic (exact) mass is 395 g/mol. The van der Waals surface area contributed by atoms with Crippen LogP contribution in [0, 0.1) is 19.8 Å². The zero-order valence-electron chi connectivity index (χ0n) is 18.0. The zero-order chi connectivity index (χ0) is 20.4. The van der Waals surface area contributed by atoms with Gasteiger partial charge in [-0.05, 0) is 54.8 Å². The van der Waals surface area contributed by atoms with E-state index in [-0.39, 0.29) is 0 Å². The first-order valence-electron chi connectivity index (χ1n) is 11.1. The minimum Gasteiger partial charge on any atom is -0.455 e. The Bertz CT molecular complexity index is 1330. The van der Waals surface area contributed by atoms with Crippen molar-refractivity contribution in [2.24, 2.45) is 13.0 Å². The quantitative estimate of drug-likeness (QED) is 0.326. The van der Waals surface area contributed by atoms with Crippen molar-refractivity contribution in [2.75, 3.05) is 0 Å². The highest BCUT2D eigenvalue weighted by Crippen LogP contribution is 2.50. The molecular weight excluding hydrogens is 368 g/mol. The molecule has 0 bridgehead atoms. The first-order valence-corrected chi connectivity index (χ1v) is 11.1. The Balaban J connectivity index is 1.64. The van der Waals surface area contributed by atoms with E-state index in [0.29, 0.717) is 0 Å². The average molecular weight is 396 g/mol. The number of benzene rings is 2. The fourth-order valence-corrected chi connectivity index (χ4v) is 5.70. The summed E-state index contributed by atoms with van der Waals surface area (Å²) in [5.74, 6) is 2.78. The Morgan fingerprint density at radius 3 is 2.77 bits per heavy atom. The first-order chi connectivity index (χ1) is 14.6. The highest BCUT2D eigenvalue weighted by Gasteiger charge is 2.32. The van der Waals surface area contributed by atoms with Crippen LogP contribution in [0.25, 0.3) is 32.9 Å². The smallest absolute Gasteiger partial charge is 0.228 e. The molecule has 1 saturated carbocycles. The summed E-state index contributed by atoms with van der Waals surface area (Å²) in [5, 5.41) is 3.71. The Hall–Kier alpha value is -2.94. The van der Waals surface area contributed by atoms with Gasteiger partial charge in [0.05, 0.1) is 16.5 Å². The summed E-state index contributed by atoms with van der Waals surface area (Å²) in [4.78, 5) is 4.68. The number of aromatic nitrogens is 2. The molecule has 0 N–H and O–H groups in total. The maximum atomic E-state index is 6.68. The summed E-state index contributed by atoms with van der Waals surface area (Å²) in [6, 6.07) is 11.1. The number of fused-ring (bicyclic) bond motifs is 3. The van der Waals surface area contributed by atoms with E-state index in [4.69, 9.17) is 4.74 Å². The SMILES string of the molecule is Cc1c2c(c(C)c3ncccc13)Oc1cc(CC3CCCC3)cc3cc[n+](C)c-2c13. The van der Waals surface area contributed by atoms with E-state index in [1.807, 2.05) is 12.3 Å². The van der Waals surface area contributed by atoms with Crippen LogP contribution in [-0.2, 0) is 13.5 Å². The van der Waals surface area contributed by atoms with Crippen molar-refractivity contribution in [2.45, 2.75) is 46.0 Å². The number of ether oxygens (including phenoxy) is 1. The van der Waals surface area contributed by atoms with Crippen LogP contribution in [0.15, 0.2) is 42.7 Å². The van der Waals surface area contributed by atoms with E-state index >= 15 is 0 Å². The summed E-state index contributed by atoms with van der Waals surface area (Å²) in [5.41, 5.74) is 7.26. The maximum absolute atomic E-state index is 6.68. The molecule has 1 aliphatic carbocycles. The van der Waals surface area contributed by atoms with Gasteiger partial charge >= 0.3 is 0 Å². The zero-order valence-corrected chi connectivity index (χ0v) is 18.0. The highest BCUT2D eigenvalue weighted by molar-refractivity contribution is 6.05. The molecule has 3 heterocycles. The Morgan fingerprint density at radius 1 is 1.10 bits per heavy atom. The summed E-state index contributed by atoms with van der Waals surface area (Å²) < 4.78 is 8.92. The molecule has 0 unspecified atom stereocenters. The third-order valence-electron chi connectivity index (χ3n) is 7.22. The molecule has 1 fully saturated rings. The molecule has 150 valence electrons. The van der Waals surface area contributed by atoms with Gasteiger partial charge in [-0.25, -0.2) is 4.57 Å². The van der Waals surface area contributed by atoms with Gasteiger partial charge in [0.1, 0.15) is 18.5 Å². The molecule has 3 heteroatoms. The van der Waals surface area contributed by atoms with Crippen LogP contribution in [0.1, 0.15) is 42.4 Å². The Labute approximate surface area is 177 Å². The highest BCUT2D eigenvalue weighted by atomic mass is 16.5. The number of hydrogen-bond acceptors (Lipinski definition) is 2. The predicted molar refractivity (Wildman–Crippen MR) is 121 cm³/mol. The maximum Gasteiger partial charge on any atom is 0.228 e. The van der Waals surface area contributed by atoms with Gasteiger partial charge in [0, 0.05) is 23.2 Å². The largest absolute Gasteiger partial charge is 0.455 e. The summed E-state index contributed by atoms with van der Waals surface area (Å²) in [6.45, 7) is 4.34. The third-order valence-corrected chi connectivity index (χ3v) is 7.22. The van der Waals surface area contributed by atoms with Crippen molar-refractivity contribution in [3.05, 3.63) is 59.4 Å². The van der Waals surface area contributed by atoms with E-state index < -0.39 is 0 Å². The van der Waals surface area contributed by atoms with Gasteiger partial charge < -0.3 is 4.74 Å². The lowest BCUT2D eigenvalue weighted by Gasteiger charge is -2.24. The van der Waals surface area contributed by atoms with E-state index in [9.17, 15) is 0 Å². The molecule has 1 aliphatic heterocycles. The molecule has 0 radical (unpaired) electrons. The third kappa shape index (κ3) is 2.51. The second-order valence-electron chi connectivity index (χ2n) is 9.14. The predicted octanol–water partition coefficient (Wildman–Crippen LogP) is 6.33. The molecule has 0 saturated heterocycles. The molecule has 3 nitrogen and oxygen atoms in total. The molecule has 0 amide bonds. The van der Waals surface area contributed by atoms with Gasteiger partial charge in [0.25, 0.3) is 0 Å². The van der Waals surface area contributed by atoms with Crippen molar-refractivity contribution < 1.29 is 9.30 Å². The molecule has 2 aromatic carbocycles. The Kier molecular flexibility index (Phi) is 3.89. The standard InChI is InChI=1S/C27H27N2O/c1-16-21-9-6-11-28-25(21)17(2)27-23(16)26-24-20(10-12-29(26)3)14-19(15-22(24)30-27)13-18-7-4-5-8-18/h6,9-12,14-15,18H,4-5,7-8,13H2,1-3H3/q+1. The minimum absolute atomic E-state index is 0.821. The van der Waals surface area contributed by atoms with Crippen LogP contribution < -0.4 is 9.30 Å². The van der Waals surface area contributed by atoms with E-state index in [1.54, 1.807) is 0 Å². The van der Waals surface area contributed by atoms with Gasteiger partial charge in [-0.15, -0.1) is 0 Å². The van der Waals surface area contributed by atoms with Crippen molar-refractivity contribution in [1.82, 2.24) is 4.98 Å². The fourth-order valence-electron chi connectivity index (χ4n) is 5.70. The number of pyridine rings is 2. The lowest BCUT2D eigenvalue weighted by Crippen LogP contribution is -2.32. The molecule has 0 spiro atoms. The van der Waals surface area contributed by atoms with Crippen LogP contribution in [0.2, 0.25) is 0 Å². The van der Waals surface area contributed by atoms with Gasteiger partial charge in [-0.2, -0.15) is 0 Å². The fraction of sp³-hybridized carbons (Fsp3) is 0.333. The molecule has 2 aliphatic rings. The van der Waals surface area contributed by atoms with E-state index in [0.717, 1.165) is 34.9 Å². The molecule has 6 rings (SSSR count). The summed E-state index contributed by atoms with van der Waals surface area (Å²) in [6.07, 6.45) is 10.7. The molecule has 2 aromatic heterocycles. The van der Waals surface area contributed by atoms with E-state index in [2.05, 4.69) is 60.9 Å². The lowest BCUT2D eigenvalue weighted by atomic mass is 9.89. The van der Waals surface area contributed by atoms with E-state index in [1.165, 1.54) is 64.2 Å². The van der Waals surface area contributed by atoms with Crippen LogP contribution in [0.4, 0.5) is 0 Å². The molecule has 0 atom stereocenters. The van der Waals surface area contributed by atoms with Gasteiger partial charge in [-0.3, -0.25) is 4.98 Å². The lowest BCUT2D eigenvalue weighted by molar-refractivity contribution is -0.659. The second-order valence-corrected chi connectivity index (χ2v) is 9.14. The molecule has 4 aromatic rings. The topological polar surface area (TPSA) is 26.0 Å². The van der Waals surface area contributed by atoms with Gasteiger partial charge in [-0.1, -0.05) is 37.8 Å². The Morgan fingerprint density at radius 2 is 1.93 bits per heavy atom. The summed E-state index contributed by atoms with van der Waals surface area (Å²) in [7, 11) is 2.14. The number of nitrogens with zero attached hydrogens (tertiary/aromatic N) is 2. The van der Waals surface area contributed by atoms with Gasteiger partial charge in [0.15, 0.2) is 6.20 Å². The summed E-state index contributed by atoms with van der Waals surface area (Å²) >= 11 is 0. The van der Waals surface area contributed by atoms with Crippen LogP contribution in [-0.4, -0.2) is 4.98 Å². The molecular formula is C27H27N2O+. The van der Waals surface area contributed by atoms with Crippen molar-refractivity contribution in [3.8, 4) is 22.8 Å².